The van der Waals surface area contributed by atoms with Crippen LogP contribution in [0.5, 0.6) is 0 Å². The van der Waals surface area contributed by atoms with E-state index < -0.39 is 0 Å². The van der Waals surface area contributed by atoms with E-state index in [1.165, 1.54) is 6.07 Å². The Kier molecular flexibility index (Phi) is 2.48. The maximum absolute atomic E-state index is 13.3. The molecule has 2 aromatic rings. The first-order chi connectivity index (χ1) is 7.09. The van der Waals surface area contributed by atoms with E-state index in [2.05, 4.69) is 21.1 Å². The highest BCUT2D eigenvalue weighted by Gasteiger charge is 2.12. The summed E-state index contributed by atoms with van der Waals surface area (Å²) in [5.74, 6) is -0.0817. The molecule has 78 valence electrons. The first-order valence-corrected chi connectivity index (χ1v) is 5.06. The maximum atomic E-state index is 13.3. The Bertz CT molecular complexity index is 510. The molecule has 0 aliphatic carbocycles. The Hall–Kier alpha value is -1.36. The van der Waals surface area contributed by atoms with E-state index in [0.717, 1.165) is 5.56 Å². The summed E-state index contributed by atoms with van der Waals surface area (Å²) < 4.78 is 18.5. The lowest BCUT2D eigenvalue weighted by atomic mass is 10.1. The highest BCUT2D eigenvalue weighted by molar-refractivity contribution is 9.10. The van der Waals surface area contributed by atoms with E-state index in [0.29, 0.717) is 15.7 Å². The van der Waals surface area contributed by atoms with Crippen LogP contribution in [0.3, 0.4) is 0 Å². The fourth-order valence-electron chi connectivity index (χ4n) is 1.26. The van der Waals surface area contributed by atoms with Gasteiger partial charge in [-0.05, 0) is 35.0 Å². The molecule has 1 aromatic carbocycles. The van der Waals surface area contributed by atoms with Gasteiger partial charge < -0.3 is 10.3 Å². The standard InChI is InChI=1S/C10H8BrFN2O/c1-5-9(14-15-10(5)13)6-2-3-7(11)8(12)4-6/h2-4H,13H2,1H3. The smallest absolute Gasteiger partial charge is 0.225 e. The molecule has 15 heavy (non-hydrogen) atoms. The van der Waals surface area contributed by atoms with Crippen molar-refractivity contribution in [2.45, 2.75) is 6.92 Å². The number of hydrogen-bond acceptors (Lipinski definition) is 3. The summed E-state index contributed by atoms with van der Waals surface area (Å²) in [6.07, 6.45) is 0. The highest BCUT2D eigenvalue weighted by Crippen LogP contribution is 2.28. The van der Waals surface area contributed by atoms with Gasteiger partial charge >= 0.3 is 0 Å². The van der Waals surface area contributed by atoms with E-state index in [-0.39, 0.29) is 11.7 Å². The van der Waals surface area contributed by atoms with Gasteiger partial charge in [0.2, 0.25) is 5.88 Å². The van der Waals surface area contributed by atoms with Gasteiger partial charge in [0.1, 0.15) is 11.5 Å². The molecule has 0 radical (unpaired) electrons. The summed E-state index contributed by atoms with van der Waals surface area (Å²) in [7, 11) is 0. The fraction of sp³-hybridized carbons (Fsp3) is 0.100. The SMILES string of the molecule is Cc1c(-c2ccc(Br)c(F)c2)noc1N. The van der Waals surface area contributed by atoms with E-state index in [9.17, 15) is 4.39 Å². The fourth-order valence-corrected chi connectivity index (χ4v) is 1.51. The predicted octanol–water partition coefficient (Wildman–Crippen LogP) is 3.13. The molecule has 0 fully saturated rings. The lowest BCUT2D eigenvalue weighted by molar-refractivity contribution is 0.439. The Morgan fingerprint density at radius 2 is 2.20 bits per heavy atom. The van der Waals surface area contributed by atoms with Crippen molar-refractivity contribution >= 4 is 21.8 Å². The van der Waals surface area contributed by atoms with Crippen molar-refractivity contribution in [2.75, 3.05) is 5.73 Å². The van der Waals surface area contributed by atoms with Gasteiger partial charge in [0, 0.05) is 11.1 Å². The molecule has 0 saturated heterocycles. The van der Waals surface area contributed by atoms with E-state index in [1.54, 1.807) is 19.1 Å². The van der Waals surface area contributed by atoms with Crippen molar-refractivity contribution in [1.82, 2.24) is 5.16 Å². The summed E-state index contributed by atoms with van der Waals surface area (Å²) in [5.41, 5.74) is 7.45. The molecular weight excluding hydrogens is 263 g/mol. The molecular formula is C10H8BrFN2O. The number of nitrogen functional groups attached to an aromatic ring is 1. The number of hydrogen-bond donors (Lipinski definition) is 1. The Balaban J connectivity index is 2.55. The largest absolute Gasteiger partial charge is 0.367 e. The summed E-state index contributed by atoms with van der Waals surface area (Å²) in [4.78, 5) is 0. The van der Waals surface area contributed by atoms with Gasteiger partial charge in [0.25, 0.3) is 0 Å². The third-order valence-corrected chi connectivity index (χ3v) is 2.80. The van der Waals surface area contributed by atoms with E-state index in [4.69, 9.17) is 10.3 Å². The molecule has 3 nitrogen and oxygen atoms in total. The first-order valence-electron chi connectivity index (χ1n) is 4.26. The number of nitrogens with zero attached hydrogens (tertiary/aromatic N) is 1. The number of halogens is 2. The van der Waals surface area contributed by atoms with Crippen molar-refractivity contribution in [3.05, 3.63) is 34.1 Å². The minimum atomic E-state index is -0.339. The Morgan fingerprint density at radius 3 is 2.73 bits per heavy atom. The van der Waals surface area contributed by atoms with Crippen LogP contribution in [0, 0.1) is 12.7 Å². The molecule has 1 heterocycles. The van der Waals surface area contributed by atoms with Crippen LogP contribution >= 0.6 is 15.9 Å². The van der Waals surface area contributed by atoms with Crippen molar-refractivity contribution in [3.63, 3.8) is 0 Å². The molecule has 2 N–H and O–H groups in total. The summed E-state index contributed by atoms with van der Waals surface area (Å²) >= 11 is 3.08. The maximum Gasteiger partial charge on any atom is 0.225 e. The van der Waals surface area contributed by atoms with Crippen LogP contribution in [-0.4, -0.2) is 5.16 Å². The second-order valence-electron chi connectivity index (χ2n) is 3.15. The summed E-state index contributed by atoms with van der Waals surface area (Å²) in [6.45, 7) is 1.78. The van der Waals surface area contributed by atoms with Gasteiger partial charge in [-0.1, -0.05) is 11.2 Å². The van der Waals surface area contributed by atoms with Gasteiger partial charge in [-0.25, -0.2) is 4.39 Å². The average Bonchev–Trinajstić information content (AvgIpc) is 2.53. The molecule has 0 aliphatic rings. The zero-order chi connectivity index (χ0) is 11.0. The van der Waals surface area contributed by atoms with Gasteiger partial charge in [-0.3, -0.25) is 0 Å². The number of nitrogens with two attached hydrogens (primary N) is 1. The van der Waals surface area contributed by atoms with Crippen LogP contribution in [0.1, 0.15) is 5.56 Å². The summed E-state index contributed by atoms with van der Waals surface area (Å²) in [5, 5.41) is 3.77. The van der Waals surface area contributed by atoms with Crippen LogP contribution < -0.4 is 5.73 Å². The van der Waals surface area contributed by atoms with Crippen LogP contribution in [-0.2, 0) is 0 Å². The number of anilines is 1. The predicted molar refractivity (Wildman–Crippen MR) is 58.7 cm³/mol. The molecule has 0 saturated carbocycles. The van der Waals surface area contributed by atoms with Gasteiger partial charge in [-0.2, -0.15) is 0 Å². The topological polar surface area (TPSA) is 52.0 Å². The second kappa shape index (κ2) is 3.66. The first kappa shape index (κ1) is 10.2. The number of benzene rings is 1. The molecule has 5 heteroatoms. The lowest BCUT2D eigenvalue weighted by Crippen LogP contribution is -1.86. The zero-order valence-corrected chi connectivity index (χ0v) is 9.51. The molecule has 0 spiro atoms. The van der Waals surface area contributed by atoms with Gasteiger partial charge in [-0.15, -0.1) is 0 Å². The minimum Gasteiger partial charge on any atom is -0.367 e. The minimum absolute atomic E-state index is 0.258. The van der Waals surface area contributed by atoms with Crippen molar-refractivity contribution in [1.29, 1.82) is 0 Å². The Morgan fingerprint density at radius 1 is 1.47 bits per heavy atom. The molecule has 0 atom stereocenters. The van der Waals surface area contributed by atoms with E-state index in [1.807, 2.05) is 0 Å². The molecule has 1 aromatic heterocycles. The summed E-state index contributed by atoms with van der Waals surface area (Å²) in [6, 6.07) is 4.75. The quantitative estimate of drug-likeness (QED) is 0.866. The number of rotatable bonds is 1. The van der Waals surface area contributed by atoms with Crippen molar-refractivity contribution in [3.8, 4) is 11.3 Å². The van der Waals surface area contributed by atoms with Crippen LogP contribution in [0.2, 0.25) is 0 Å². The van der Waals surface area contributed by atoms with Crippen molar-refractivity contribution in [2.24, 2.45) is 0 Å². The van der Waals surface area contributed by atoms with Crippen LogP contribution in [0.25, 0.3) is 11.3 Å². The Labute approximate surface area is 94.2 Å². The third kappa shape index (κ3) is 1.74. The lowest BCUT2D eigenvalue weighted by Gasteiger charge is -1.99. The highest BCUT2D eigenvalue weighted by atomic mass is 79.9. The third-order valence-electron chi connectivity index (χ3n) is 2.15. The average molecular weight is 271 g/mol. The molecule has 0 amide bonds. The monoisotopic (exact) mass is 270 g/mol. The molecule has 0 bridgehead atoms. The zero-order valence-electron chi connectivity index (χ0n) is 7.92. The normalized spacial score (nSPS) is 10.6. The van der Waals surface area contributed by atoms with Crippen LogP contribution in [0.4, 0.5) is 10.3 Å². The molecule has 0 aliphatic heterocycles. The second-order valence-corrected chi connectivity index (χ2v) is 4.00. The van der Waals surface area contributed by atoms with Crippen molar-refractivity contribution < 1.29 is 8.91 Å². The molecule has 0 unspecified atom stereocenters. The van der Waals surface area contributed by atoms with Crippen LogP contribution in [0.15, 0.2) is 27.2 Å². The van der Waals surface area contributed by atoms with E-state index >= 15 is 0 Å². The van der Waals surface area contributed by atoms with Gasteiger partial charge in [0.15, 0.2) is 0 Å². The van der Waals surface area contributed by atoms with Gasteiger partial charge in [0.05, 0.1) is 4.47 Å². The number of aromatic nitrogens is 1. The molecule has 2 rings (SSSR count).